The highest BCUT2D eigenvalue weighted by Gasteiger charge is 2.22. The molecule has 0 bridgehead atoms. The second-order valence-electron chi connectivity index (χ2n) is 6.76. The first-order valence-electron chi connectivity index (χ1n) is 8.14. The summed E-state index contributed by atoms with van der Waals surface area (Å²) in [5.74, 6) is 1.79. The summed E-state index contributed by atoms with van der Waals surface area (Å²) in [6.07, 6.45) is 11.9. The average molecular weight is 266 g/mol. The molecule has 2 unspecified atom stereocenters. The van der Waals surface area contributed by atoms with Crippen LogP contribution < -0.4 is 5.73 Å². The van der Waals surface area contributed by atoms with Crippen molar-refractivity contribution in [3.05, 3.63) is 0 Å². The Morgan fingerprint density at radius 2 is 1.79 bits per heavy atom. The van der Waals surface area contributed by atoms with Crippen LogP contribution in [0.1, 0.15) is 64.2 Å². The van der Waals surface area contributed by atoms with Crippen molar-refractivity contribution in [1.29, 1.82) is 0 Å². The van der Waals surface area contributed by atoms with Gasteiger partial charge in [-0.1, -0.05) is 25.7 Å². The van der Waals surface area contributed by atoms with Gasteiger partial charge in [0.1, 0.15) is 0 Å². The number of carbonyl (C=O) groups is 1. The molecule has 0 saturated heterocycles. The minimum absolute atomic E-state index is 0.339. The van der Waals surface area contributed by atoms with Crippen LogP contribution in [0.5, 0.6) is 0 Å². The first kappa shape index (κ1) is 14.8. The highest BCUT2D eigenvalue weighted by atomic mass is 16.2. The van der Waals surface area contributed by atoms with Crippen molar-refractivity contribution in [2.75, 3.05) is 13.6 Å². The SMILES string of the molecule is CN(CC1CCCC1)C(=O)CCC1CCCC(N)C1. The summed E-state index contributed by atoms with van der Waals surface area (Å²) in [7, 11) is 1.98. The molecular formula is C16H30N2O. The molecule has 3 heteroatoms. The van der Waals surface area contributed by atoms with Crippen LogP contribution in [-0.2, 0) is 4.79 Å². The zero-order chi connectivity index (χ0) is 13.7. The maximum absolute atomic E-state index is 12.1. The van der Waals surface area contributed by atoms with Crippen molar-refractivity contribution in [2.45, 2.75) is 70.3 Å². The summed E-state index contributed by atoms with van der Waals surface area (Å²) in [6, 6.07) is 0.380. The Balaban J connectivity index is 1.65. The Kier molecular flexibility index (Phi) is 5.68. The first-order valence-corrected chi connectivity index (χ1v) is 8.14. The van der Waals surface area contributed by atoms with Gasteiger partial charge in [-0.25, -0.2) is 0 Å². The van der Waals surface area contributed by atoms with Crippen LogP contribution in [0.25, 0.3) is 0 Å². The van der Waals surface area contributed by atoms with Crippen molar-refractivity contribution >= 4 is 5.91 Å². The minimum Gasteiger partial charge on any atom is -0.345 e. The van der Waals surface area contributed by atoms with E-state index in [-0.39, 0.29) is 0 Å². The molecule has 0 spiro atoms. The molecule has 2 atom stereocenters. The van der Waals surface area contributed by atoms with Gasteiger partial charge in [0, 0.05) is 26.1 Å². The molecule has 0 aromatic rings. The molecule has 1 amide bonds. The van der Waals surface area contributed by atoms with Crippen molar-refractivity contribution in [3.63, 3.8) is 0 Å². The molecule has 3 nitrogen and oxygen atoms in total. The largest absolute Gasteiger partial charge is 0.345 e. The van der Waals surface area contributed by atoms with E-state index >= 15 is 0 Å². The van der Waals surface area contributed by atoms with Gasteiger partial charge in [-0.15, -0.1) is 0 Å². The van der Waals surface area contributed by atoms with Gasteiger partial charge in [0.2, 0.25) is 5.91 Å². The molecule has 2 aliphatic rings. The molecule has 2 N–H and O–H groups in total. The highest BCUT2D eigenvalue weighted by Crippen LogP contribution is 2.28. The van der Waals surface area contributed by atoms with Gasteiger partial charge in [0.05, 0.1) is 0 Å². The molecule has 2 aliphatic carbocycles. The molecule has 110 valence electrons. The lowest BCUT2D eigenvalue weighted by Gasteiger charge is -2.27. The molecular weight excluding hydrogens is 236 g/mol. The monoisotopic (exact) mass is 266 g/mol. The number of nitrogens with two attached hydrogens (primary N) is 1. The number of hydrogen-bond donors (Lipinski definition) is 1. The molecule has 0 heterocycles. The average Bonchev–Trinajstić information content (AvgIpc) is 2.89. The molecule has 2 saturated carbocycles. The fourth-order valence-electron chi connectivity index (χ4n) is 3.80. The molecule has 0 aromatic heterocycles. The van der Waals surface area contributed by atoms with E-state index in [9.17, 15) is 4.79 Å². The number of amides is 1. The lowest BCUT2D eigenvalue weighted by molar-refractivity contribution is -0.130. The molecule has 0 radical (unpaired) electrons. The Hall–Kier alpha value is -0.570. The lowest BCUT2D eigenvalue weighted by atomic mass is 9.83. The van der Waals surface area contributed by atoms with Crippen LogP contribution in [0.4, 0.5) is 0 Å². The van der Waals surface area contributed by atoms with E-state index in [0.29, 0.717) is 17.9 Å². The van der Waals surface area contributed by atoms with E-state index in [1.807, 2.05) is 11.9 Å². The van der Waals surface area contributed by atoms with Crippen LogP contribution in [0.3, 0.4) is 0 Å². The fourth-order valence-corrected chi connectivity index (χ4v) is 3.80. The number of hydrogen-bond acceptors (Lipinski definition) is 2. The normalized spacial score (nSPS) is 28.5. The molecule has 0 aromatic carbocycles. The van der Waals surface area contributed by atoms with Gasteiger partial charge in [0.15, 0.2) is 0 Å². The maximum atomic E-state index is 12.1. The van der Waals surface area contributed by atoms with Crippen LogP contribution in [0, 0.1) is 11.8 Å². The summed E-state index contributed by atoms with van der Waals surface area (Å²) in [5, 5.41) is 0. The maximum Gasteiger partial charge on any atom is 0.222 e. The third-order valence-corrected chi connectivity index (χ3v) is 5.02. The molecule has 0 aliphatic heterocycles. The quantitative estimate of drug-likeness (QED) is 0.831. The Morgan fingerprint density at radius 1 is 1.11 bits per heavy atom. The van der Waals surface area contributed by atoms with E-state index in [1.54, 1.807) is 0 Å². The summed E-state index contributed by atoms with van der Waals surface area (Å²) in [4.78, 5) is 14.1. The summed E-state index contributed by atoms with van der Waals surface area (Å²) in [5.41, 5.74) is 6.00. The Morgan fingerprint density at radius 3 is 2.47 bits per heavy atom. The third-order valence-electron chi connectivity index (χ3n) is 5.02. The first-order chi connectivity index (χ1) is 9.15. The zero-order valence-corrected chi connectivity index (χ0v) is 12.4. The van der Waals surface area contributed by atoms with E-state index in [0.717, 1.165) is 31.7 Å². The standard InChI is InChI=1S/C16H30N2O/c1-18(12-14-5-2-3-6-14)16(19)10-9-13-7-4-8-15(17)11-13/h13-15H,2-12,17H2,1H3. The molecule has 2 rings (SSSR count). The number of nitrogens with zero attached hydrogens (tertiary/aromatic N) is 1. The summed E-state index contributed by atoms with van der Waals surface area (Å²) < 4.78 is 0. The van der Waals surface area contributed by atoms with Gasteiger partial charge >= 0.3 is 0 Å². The number of carbonyl (C=O) groups excluding carboxylic acids is 1. The Bertz CT molecular complexity index is 286. The zero-order valence-electron chi connectivity index (χ0n) is 12.4. The second-order valence-corrected chi connectivity index (χ2v) is 6.76. The highest BCUT2D eigenvalue weighted by molar-refractivity contribution is 5.75. The number of rotatable bonds is 5. The van der Waals surface area contributed by atoms with Crippen LogP contribution in [-0.4, -0.2) is 30.4 Å². The van der Waals surface area contributed by atoms with Crippen molar-refractivity contribution in [3.8, 4) is 0 Å². The smallest absolute Gasteiger partial charge is 0.222 e. The predicted octanol–water partition coefficient (Wildman–Crippen LogP) is 2.93. The summed E-state index contributed by atoms with van der Waals surface area (Å²) >= 11 is 0. The van der Waals surface area contributed by atoms with Gasteiger partial charge < -0.3 is 10.6 Å². The molecule has 19 heavy (non-hydrogen) atoms. The van der Waals surface area contributed by atoms with Gasteiger partial charge in [0.25, 0.3) is 0 Å². The van der Waals surface area contributed by atoms with E-state index in [4.69, 9.17) is 5.73 Å². The molecule has 2 fully saturated rings. The van der Waals surface area contributed by atoms with Crippen molar-refractivity contribution in [1.82, 2.24) is 4.90 Å². The van der Waals surface area contributed by atoms with Crippen LogP contribution in [0.2, 0.25) is 0 Å². The third kappa shape index (κ3) is 4.79. The van der Waals surface area contributed by atoms with Crippen LogP contribution in [0.15, 0.2) is 0 Å². The Labute approximate surface area is 117 Å². The topological polar surface area (TPSA) is 46.3 Å². The van der Waals surface area contributed by atoms with Crippen LogP contribution >= 0.6 is 0 Å². The lowest BCUT2D eigenvalue weighted by Crippen LogP contribution is -2.32. The van der Waals surface area contributed by atoms with Gasteiger partial charge in [-0.05, 0) is 43.9 Å². The summed E-state index contributed by atoms with van der Waals surface area (Å²) in [6.45, 7) is 0.975. The van der Waals surface area contributed by atoms with E-state index in [1.165, 1.54) is 44.9 Å². The fraction of sp³-hybridized carbons (Fsp3) is 0.938. The van der Waals surface area contributed by atoms with Gasteiger partial charge in [-0.2, -0.15) is 0 Å². The minimum atomic E-state index is 0.339. The van der Waals surface area contributed by atoms with Crippen molar-refractivity contribution in [2.24, 2.45) is 17.6 Å². The second kappa shape index (κ2) is 7.28. The van der Waals surface area contributed by atoms with E-state index < -0.39 is 0 Å². The predicted molar refractivity (Wildman–Crippen MR) is 78.8 cm³/mol. The van der Waals surface area contributed by atoms with Gasteiger partial charge in [-0.3, -0.25) is 4.79 Å². The van der Waals surface area contributed by atoms with Crippen molar-refractivity contribution < 1.29 is 4.79 Å². The van der Waals surface area contributed by atoms with E-state index in [2.05, 4.69) is 0 Å².